The van der Waals surface area contributed by atoms with Gasteiger partial charge in [0.1, 0.15) is 5.75 Å². The van der Waals surface area contributed by atoms with E-state index in [0.29, 0.717) is 16.3 Å². The fourth-order valence-corrected chi connectivity index (χ4v) is 2.80. The van der Waals surface area contributed by atoms with Gasteiger partial charge >= 0.3 is 0 Å². The Morgan fingerprint density at radius 3 is 2.76 bits per heavy atom. The number of carbonyl (C=O) groups is 1. The standard InChI is InChI=1S/C16H22ClNO3/c1-11(16(20)18-13-5-3-2-4-6-13)21-15-8-7-12(10-19)9-14(15)17/h7-9,11,13,19H,2-6,10H2,1H3,(H,18,20). The Morgan fingerprint density at radius 2 is 2.14 bits per heavy atom. The summed E-state index contributed by atoms with van der Waals surface area (Å²) in [4.78, 5) is 12.1. The molecule has 1 saturated carbocycles. The van der Waals surface area contributed by atoms with Crippen LogP contribution < -0.4 is 10.1 Å². The molecule has 1 aliphatic rings. The van der Waals surface area contributed by atoms with Crippen molar-refractivity contribution < 1.29 is 14.6 Å². The van der Waals surface area contributed by atoms with Gasteiger partial charge in [-0.25, -0.2) is 0 Å². The van der Waals surface area contributed by atoms with Crippen molar-refractivity contribution in [2.45, 2.75) is 57.8 Å². The van der Waals surface area contributed by atoms with Gasteiger partial charge in [-0.15, -0.1) is 0 Å². The highest BCUT2D eigenvalue weighted by Crippen LogP contribution is 2.26. The summed E-state index contributed by atoms with van der Waals surface area (Å²) < 4.78 is 5.62. The van der Waals surface area contributed by atoms with Gasteiger partial charge in [-0.2, -0.15) is 0 Å². The van der Waals surface area contributed by atoms with Crippen molar-refractivity contribution in [2.24, 2.45) is 0 Å². The maximum atomic E-state index is 12.1. The van der Waals surface area contributed by atoms with Gasteiger partial charge in [0.25, 0.3) is 5.91 Å². The molecule has 0 bridgehead atoms. The Bertz CT molecular complexity index is 486. The molecule has 1 fully saturated rings. The molecule has 1 atom stereocenters. The maximum Gasteiger partial charge on any atom is 0.260 e. The number of rotatable bonds is 5. The molecule has 4 nitrogen and oxygen atoms in total. The molecule has 21 heavy (non-hydrogen) atoms. The lowest BCUT2D eigenvalue weighted by Crippen LogP contribution is -2.43. The average Bonchev–Trinajstić information content (AvgIpc) is 2.50. The molecule has 2 N–H and O–H groups in total. The van der Waals surface area contributed by atoms with Crippen LogP contribution in [-0.4, -0.2) is 23.2 Å². The van der Waals surface area contributed by atoms with Crippen LogP contribution in [0.5, 0.6) is 5.75 Å². The highest BCUT2D eigenvalue weighted by Gasteiger charge is 2.21. The molecular weight excluding hydrogens is 290 g/mol. The first kappa shape index (κ1) is 16.1. The molecule has 1 aliphatic carbocycles. The topological polar surface area (TPSA) is 58.6 Å². The van der Waals surface area contributed by atoms with Crippen LogP contribution in [0, 0.1) is 0 Å². The van der Waals surface area contributed by atoms with Crippen molar-refractivity contribution in [3.05, 3.63) is 28.8 Å². The molecule has 0 heterocycles. The number of nitrogens with one attached hydrogen (secondary N) is 1. The van der Waals surface area contributed by atoms with E-state index in [1.807, 2.05) is 0 Å². The van der Waals surface area contributed by atoms with Gasteiger partial charge in [-0.1, -0.05) is 36.9 Å². The van der Waals surface area contributed by atoms with Crippen LogP contribution in [0.1, 0.15) is 44.6 Å². The van der Waals surface area contributed by atoms with Crippen molar-refractivity contribution in [1.82, 2.24) is 5.32 Å². The fraction of sp³-hybridized carbons (Fsp3) is 0.562. The summed E-state index contributed by atoms with van der Waals surface area (Å²) in [5.41, 5.74) is 0.715. The van der Waals surface area contributed by atoms with Crippen molar-refractivity contribution in [1.29, 1.82) is 0 Å². The van der Waals surface area contributed by atoms with Crippen molar-refractivity contribution in [2.75, 3.05) is 0 Å². The van der Waals surface area contributed by atoms with E-state index < -0.39 is 6.10 Å². The van der Waals surface area contributed by atoms with E-state index in [-0.39, 0.29) is 18.6 Å². The van der Waals surface area contributed by atoms with Gasteiger partial charge < -0.3 is 15.2 Å². The summed E-state index contributed by atoms with van der Waals surface area (Å²) in [7, 11) is 0. The third-order valence-electron chi connectivity index (χ3n) is 3.80. The Labute approximate surface area is 130 Å². The zero-order valence-corrected chi connectivity index (χ0v) is 13.0. The third kappa shape index (κ3) is 4.61. The van der Waals surface area contributed by atoms with Gasteiger partial charge in [-0.3, -0.25) is 4.79 Å². The average molecular weight is 312 g/mol. The summed E-state index contributed by atoms with van der Waals surface area (Å²) >= 11 is 6.08. The number of carbonyl (C=O) groups excluding carboxylic acids is 1. The highest BCUT2D eigenvalue weighted by molar-refractivity contribution is 6.32. The summed E-state index contributed by atoms with van der Waals surface area (Å²) in [5, 5.41) is 12.5. The van der Waals surface area contributed by atoms with Gasteiger partial charge in [0.2, 0.25) is 0 Å². The van der Waals surface area contributed by atoms with Crippen LogP contribution in [0.3, 0.4) is 0 Å². The van der Waals surface area contributed by atoms with E-state index in [1.165, 1.54) is 19.3 Å². The molecule has 0 aromatic heterocycles. The molecule has 0 aliphatic heterocycles. The molecule has 116 valence electrons. The molecule has 1 aromatic rings. The number of amides is 1. The Kier molecular flexibility index (Phi) is 5.88. The molecule has 1 aromatic carbocycles. The number of ether oxygens (including phenoxy) is 1. The SMILES string of the molecule is CC(Oc1ccc(CO)cc1Cl)C(=O)NC1CCCCC1. The summed E-state index contributed by atoms with van der Waals surface area (Å²) in [6, 6.07) is 5.32. The first-order valence-corrected chi connectivity index (χ1v) is 7.84. The van der Waals surface area contributed by atoms with Crippen molar-refractivity contribution in [3.63, 3.8) is 0 Å². The summed E-state index contributed by atoms with van der Waals surface area (Å²) in [5.74, 6) is 0.351. The molecule has 0 spiro atoms. The minimum Gasteiger partial charge on any atom is -0.479 e. The zero-order chi connectivity index (χ0) is 15.2. The number of hydrogen-bond acceptors (Lipinski definition) is 3. The number of aliphatic hydroxyl groups is 1. The van der Waals surface area contributed by atoms with Crippen LogP contribution in [-0.2, 0) is 11.4 Å². The largest absolute Gasteiger partial charge is 0.479 e. The number of aliphatic hydroxyl groups excluding tert-OH is 1. The second-order valence-electron chi connectivity index (χ2n) is 5.53. The van der Waals surface area contributed by atoms with E-state index in [2.05, 4.69) is 5.32 Å². The second kappa shape index (κ2) is 7.66. The maximum absolute atomic E-state index is 12.1. The summed E-state index contributed by atoms with van der Waals surface area (Å²) in [6.07, 6.45) is 5.10. The molecule has 0 saturated heterocycles. The van der Waals surface area contributed by atoms with Crippen molar-refractivity contribution in [3.8, 4) is 5.75 Å². The second-order valence-corrected chi connectivity index (χ2v) is 5.93. The first-order chi connectivity index (χ1) is 10.1. The molecular formula is C16H22ClNO3. The third-order valence-corrected chi connectivity index (χ3v) is 4.10. The zero-order valence-electron chi connectivity index (χ0n) is 12.3. The van der Waals surface area contributed by atoms with Gasteiger partial charge in [0.15, 0.2) is 6.10 Å². The Morgan fingerprint density at radius 1 is 1.43 bits per heavy atom. The monoisotopic (exact) mass is 311 g/mol. The number of hydrogen-bond donors (Lipinski definition) is 2. The van der Waals surface area contributed by atoms with Crippen LogP contribution >= 0.6 is 11.6 Å². The van der Waals surface area contributed by atoms with Crippen LogP contribution in [0.15, 0.2) is 18.2 Å². The normalized spacial score (nSPS) is 17.3. The highest BCUT2D eigenvalue weighted by atomic mass is 35.5. The number of benzene rings is 1. The van der Waals surface area contributed by atoms with E-state index in [4.69, 9.17) is 21.4 Å². The minimum atomic E-state index is -0.593. The lowest BCUT2D eigenvalue weighted by Gasteiger charge is -2.24. The van der Waals surface area contributed by atoms with Gasteiger partial charge in [0, 0.05) is 6.04 Å². The van der Waals surface area contributed by atoms with Crippen LogP contribution in [0.25, 0.3) is 0 Å². The van der Waals surface area contributed by atoms with Gasteiger partial charge in [0.05, 0.1) is 11.6 Å². The van der Waals surface area contributed by atoms with Crippen LogP contribution in [0.4, 0.5) is 0 Å². The van der Waals surface area contributed by atoms with E-state index in [9.17, 15) is 4.79 Å². The van der Waals surface area contributed by atoms with E-state index >= 15 is 0 Å². The van der Waals surface area contributed by atoms with Gasteiger partial charge in [-0.05, 0) is 37.5 Å². The fourth-order valence-electron chi connectivity index (χ4n) is 2.55. The smallest absolute Gasteiger partial charge is 0.260 e. The Balaban J connectivity index is 1.90. The predicted octanol–water partition coefficient (Wildman–Crippen LogP) is 3.05. The van der Waals surface area contributed by atoms with Crippen molar-refractivity contribution >= 4 is 17.5 Å². The predicted molar refractivity (Wildman–Crippen MR) is 82.5 cm³/mol. The lowest BCUT2D eigenvalue weighted by molar-refractivity contribution is -0.128. The minimum absolute atomic E-state index is 0.0717. The lowest BCUT2D eigenvalue weighted by atomic mass is 9.95. The Hall–Kier alpha value is -1.26. The molecule has 5 heteroatoms. The quantitative estimate of drug-likeness (QED) is 0.878. The van der Waals surface area contributed by atoms with E-state index in [1.54, 1.807) is 25.1 Å². The molecule has 1 amide bonds. The summed E-state index contributed by atoms with van der Waals surface area (Å²) in [6.45, 7) is 1.65. The van der Waals surface area contributed by atoms with Crippen LogP contribution in [0.2, 0.25) is 5.02 Å². The number of halogens is 1. The first-order valence-electron chi connectivity index (χ1n) is 7.46. The molecule has 2 rings (SSSR count). The molecule has 1 unspecified atom stereocenters. The van der Waals surface area contributed by atoms with E-state index in [0.717, 1.165) is 12.8 Å². The molecule has 0 radical (unpaired) electrons.